The van der Waals surface area contributed by atoms with Crippen LogP contribution in [-0.2, 0) is 11.8 Å². The van der Waals surface area contributed by atoms with E-state index in [-0.39, 0.29) is 17.2 Å². The molecule has 8 heteroatoms. The number of hydrogen-bond donors (Lipinski definition) is 2. The lowest BCUT2D eigenvalue weighted by Crippen LogP contribution is -2.64. The Kier molecular flexibility index (Phi) is 3.34. The Morgan fingerprint density at radius 3 is 2.66 bits per heavy atom. The van der Waals surface area contributed by atoms with Crippen LogP contribution in [0.25, 0.3) is 22.3 Å². The summed E-state index contributed by atoms with van der Waals surface area (Å²) in [6.07, 6.45) is 6.58. The fourth-order valence-electron chi connectivity index (χ4n) is 5.46. The van der Waals surface area contributed by atoms with Crippen LogP contribution in [0.15, 0.2) is 30.5 Å². The first kappa shape index (κ1) is 16.9. The fourth-order valence-corrected chi connectivity index (χ4v) is 5.46. The Bertz CT molecular complexity index is 1100. The van der Waals surface area contributed by atoms with Crippen molar-refractivity contribution >= 4 is 22.9 Å². The first-order chi connectivity index (χ1) is 14.1. The maximum atomic E-state index is 12.0. The molecule has 1 aromatic carbocycles. The number of benzene rings is 1. The summed E-state index contributed by atoms with van der Waals surface area (Å²) in [5.74, 6) is 1.71. The summed E-state index contributed by atoms with van der Waals surface area (Å²) in [6.45, 7) is 1.60. The summed E-state index contributed by atoms with van der Waals surface area (Å²) in [4.78, 5) is 17.6. The maximum Gasteiger partial charge on any atom is 0.408 e. The van der Waals surface area contributed by atoms with Gasteiger partial charge in [0.05, 0.1) is 5.54 Å². The Morgan fingerprint density at radius 1 is 1.10 bits per heavy atom. The van der Waals surface area contributed by atoms with Crippen LogP contribution < -0.4 is 10.2 Å². The summed E-state index contributed by atoms with van der Waals surface area (Å²) in [7, 11) is 2.02. The number of piperidine rings is 1. The molecular formula is C21H24N6O2. The molecule has 2 saturated heterocycles. The molecule has 0 radical (unpaired) electrons. The van der Waals surface area contributed by atoms with Crippen LogP contribution in [0, 0.1) is 0 Å². The van der Waals surface area contributed by atoms with Gasteiger partial charge in [0.15, 0.2) is 5.82 Å². The summed E-state index contributed by atoms with van der Waals surface area (Å²) in [5, 5.41) is 13.3. The molecule has 0 unspecified atom stereocenters. The molecule has 29 heavy (non-hydrogen) atoms. The van der Waals surface area contributed by atoms with Gasteiger partial charge in [-0.1, -0.05) is 18.2 Å². The van der Waals surface area contributed by atoms with E-state index in [1.165, 1.54) is 0 Å². The lowest BCUT2D eigenvalue weighted by atomic mass is 9.62. The summed E-state index contributed by atoms with van der Waals surface area (Å²) >= 11 is 0. The van der Waals surface area contributed by atoms with Gasteiger partial charge in [0.1, 0.15) is 5.60 Å². The van der Waals surface area contributed by atoms with Gasteiger partial charge in [0.2, 0.25) is 5.95 Å². The standard InChI is InChI=1S/C21H24N6O2/c1-26-17(15-13-22-16-6-3-2-5-14(15)16)24-25-18(26)27-11-9-21(10-12-27)20(7-4-8-20)23-19(28)29-21/h2-3,5-6,13,22H,4,7-12H2,1H3,(H,23,28). The van der Waals surface area contributed by atoms with Crippen LogP contribution in [0.5, 0.6) is 0 Å². The van der Waals surface area contributed by atoms with Gasteiger partial charge >= 0.3 is 6.09 Å². The van der Waals surface area contributed by atoms with Crippen LogP contribution in [0.1, 0.15) is 32.1 Å². The first-order valence-electron chi connectivity index (χ1n) is 10.3. The highest BCUT2D eigenvalue weighted by molar-refractivity contribution is 5.93. The second-order valence-corrected chi connectivity index (χ2v) is 8.56. The molecule has 2 aliphatic heterocycles. The highest BCUT2D eigenvalue weighted by Crippen LogP contribution is 2.51. The minimum Gasteiger partial charge on any atom is -0.440 e. The molecule has 2 N–H and O–H groups in total. The maximum absolute atomic E-state index is 12.0. The zero-order valence-corrected chi connectivity index (χ0v) is 16.4. The molecule has 3 aromatic rings. The molecule has 4 heterocycles. The van der Waals surface area contributed by atoms with E-state index in [2.05, 4.69) is 42.1 Å². The number of anilines is 1. The number of para-hydroxylation sites is 1. The number of aromatic nitrogens is 4. The van der Waals surface area contributed by atoms with Crippen molar-refractivity contribution in [2.75, 3.05) is 18.0 Å². The van der Waals surface area contributed by atoms with Gasteiger partial charge in [-0.3, -0.25) is 4.57 Å². The zero-order chi connectivity index (χ0) is 19.6. The number of fused-ring (bicyclic) bond motifs is 2. The molecule has 1 aliphatic carbocycles. The van der Waals surface area contributed by atoms with Crippen molar-refractivity contribution < 1.29 is 9.53 Å². The molecule has 8 nitrogen and oxygen atoms in total. The monoisotopic (exact) mass is 392 g/mol. The topological polar surface area (TPSA) is 88.1 Å². The summed E-state index contributed by atoms with van der Waals surface area (Å²) in [5.41, 5.74) is 1.63. The molecule has 3 aliphatic rings. The average molecular weight is 392 g/mol. The number of ether oxygens (including phenoxy) is 1. The largest absolute Gasteiger partial charge is 0.440 e. The Labute approximate surface area is 168 Å². The average Bonchev–Trinajstić information content (AvgIpc) is 3.36. The number of rotatable bonds is 2. The normalized spacial score (nSPS) is 22.1. The van der Waals surface area contributed by atoms with Crippen LogP contribution in [0.4, 0.5) is 10.7 Å². The van der Waals surface area contributed by atoms with Crippen molar-refractivity contribution in [1.82, 2.24) is 25.1 Å². The van der Waals surface area contributed by atoms with Gasteiger partial charge in [0.25, 0.3) is 0 Å². The van der Waals surface area contributed by atoms with E-state index >= 15 is 0 Å². The number of carbonyl (C=O) groups excluding carboxylic acids is 1. The van der Waals surface area contributed by atoms with Crippen LogP contribution >= 0.6 is 0 Å². The number of hydrogen-bond acceptors (Lipinski definition) is 5. The molecule has 2 spiro atoms. The lowest BCUT2D eigenvalue weighted by Gasteiger charge is -2.51. The highest BCUT2D eigenvalue weighted by Gasteiger charge is 2.63. The van der Waals surface area contributed by atoms with Gasteiger partial charge < -0.3 is 19.9 Å². The Morgan fingerprint density at radius 2 is 1.90 bits per heavy atom. The lowest BCUT2D eigenvalue weighted by molar-refractivity contribution is -0.0511. The van der Waals surface area contributed by atoms with E-state index in [0.717, 1.165) is 73.4 Å². The van der Waals surface area contributed by atoms with Gasteiger partial charge in [-0.15, -0.1) is 10.2 Å². The smallest absolute Gasteiger partial charge is 0.408 e. The van der Waals surface area contributed by atoms with Crippen molar-refractivity contribution in [1.29, 1.82) is 0 Å². The van der Waals surface area contributed by atoms with E-state index in [4.69, 9.17) is 4.74 Å². The molecule has 3 fully saturated rings. The van der Waals surface area contributed by atoms with E-state index in [1.807, 2.05) is 25.4 Å². The summed E-state index contributed by atoms with van der Waals surface area (Å²) in [6, 6.07) is 8.22. The highest BCUT2D eigenvalue weighted by atomic mass is 16.6. The number of aromatic amines is 1. The van der Waals surface area contributed by atoms with Crippen molar-refractivity contribution in [2.24, 2.45) is 7.05 Å². The third-order valence-electron chi connectivity index (χ3n) is 7.24. The number of nitrogens with zero attached hydrogens (tertiary/aromatic N) is 4. The van der Waals surface area contributed by atoms with E-state index in [9.17, 15) is 4.79 Å². The zero-order valence-electron chi connectivity index (χ0n) is 16.4. The number of carbonyl (C=O) groups is 1. The minimum atomic E-state index is -0.364. The van der Waals surface area contributed by atoms with Crippen molar-refractivity contribution in [2.45, 2.75) is 43.2 Å². The molecule has 150 valence electrons. The fraction of sp³-hybridized carbons (Fsp3) is 0.476. The third-order valence-corrected chi connectivity index (χ3v) is 7.24. The number of alkyl carbamates (subject to hydrolysis) is 1. The number of H-pyrrole nitrogens is 1. The van der Waals surface area contributed by atoms with Crippen LogP contribution in [0.3, 0.4) is 0 Å². The van der Waals surface area contributed by atoms with Crippen LogP contribution in [-0.4, -0.2) is 50.1 Å². The van der Waals surface area contributed by atoms with Gasteiger partial charge in [-0.25, -0.2) is 4.79 Å². The Hall–Kier alpha value is -3.03. The molecular weight excluding hydrogens is 368 g/mol. The molecule has 0 atom stereocenters. The van der Waals surface area contributed by atoms with Crippen molar-refractivity contribution in [3.63, 3.8) is 0 Å². The van der Waals surface area contributed by atoms with Gasteiger partial charge in [-0.05, 0) is 25.3 Å². The van der Waals surface area contributed by atoms with E-state index in [0.29, 0.717) is 0 Å². The molecule has 6 rings (SSSR count). The second kappa shape index (κ2) is 5.75. The molecule has 0 bridgehead atoms. The predicted molar refractivity (Wildman–Crippen MR) is 109 cm³/mol. The molecule has 1 amide bonds. The number of nitrogens with one attached hydrogen (secondary N) is 2. The van der Waals surface area contributed by atoms with Crippen LogP contribution in [0.2, 0.25) is 0 Å². The Balaban J connectivity index is 1.27. The van der Waals surface area contributed by atoms with Crippen molar-refractivity contribution in [3.05, 3.63) is 30.5 Å². The molecule has 2 aromatic heterocycles. The SMILES string of the molecule is Cn1c(-c2c[nH]c3ccccc23)nnc1N1CCC2(CC1)OC(=O)NC21CCC1. The predicted octanol–water partition coefficient (Wildman–Crippen LogP) is 2.96. The van der Waals surface area contributed by atoms with E-state index in [1.54, 1.807) is 0 Å². The first-order valence-corrected chi connectivity index (χ1v) is 10.3. The van der Waals surface area contributed by atoms with Gasteiger partial charge in [0, 0.05) is 55.6 Å². The van der Waals surface area contributed by atoms with E-state index < -0.39 is 0 Å². The second-order valence-electron chi connectivity index (χ2n) is 8.56. The summed E-state index contributed by atoms with van der Waals surface area (Å²) < 4.78 is 7.91. The van der Waals surface area contributed by atoms with Crippen molar-refractivity contribution in [3.8, 4) is 11.4 Å². The number of amides is 1. The minimum absolute atomic E-state index is 0.148. The quantitative estimate of drug-likeness (QED) is 0.700. The van der Waals surface area contributed by atoms with Gasteiger partial charge in [-0.2, -0.15) is 0 Å². The molecule has 1 saturated carbocycles. The third kappa shape index (κ3) is 2.22.